The van der Waals surface area contributed by atoms with E-state index in [2.05, 4.69) is 22.6 Å². The summed E-state index contributed by atoms with van der Waals surface area (Å²) < 4.78 is 6.32. The van der Waals surface area contributed by atoms with Crippen molar-refractivity contribution in [2.24, 2.45) is 0 Å². The van der Waals surface area contributed by atoms with Crippen LogP contribution in [0.15, 0.2) is 18.2 Å². The lowest BCUT2D eigenvalue weighted by molar-refractivity contribution is -0.136. The highest BCUT2D eigenvalue weighted by Crippen LogP contribution is 2.23. The number of hydrogen-bond acceptors (Lipinski definition) is 3. The average molecular weight is 403 g/mol. The van der Waals surface area contributed by atoms with Crippen LogP contribution in [-0.2, 0) is 4.79 Å². The number of benzene rings is 1. The predicted octanol–water partition coefficient (Wildman–Crippen LogP) is 2.77. The lowest BCUT2D eigenvalue weighted by atomic mass is 10.0. The molecule has 1 atom stereocenters. The van der Waals surface area contributed by atoms with E-state index in [1.165, 1.54) is 12.1 Å². The van der Waals surface area contributed by atoms with Gasteiger partial charge in [0.2, 0.25) is 0 Å². The summed E-state index contributed by atoms with van der Waals surface area (Å²) in [7, 11) is 0. The fourth-order valence-corrected chi connectivity index (χ4v) is 2.93. The van der Waals surface area contributed by atoms with Crippen molar-refractivity contribution in [3.63, 3.8) is 0 Å². The highest BCUT2D eigenvalue weighted by Gasteiger charge is 2.23. The summed E-state index contributed by atoms with van der Waals surface area (Å²) in [6.07, 6.45) is 3.21. The zero-order valence-electron chi connectivity index (χ0n) is 11.8. The zero-order valence-corrected chi connectivity index (χ0v) is 14.0. The van der Waals surface area contributed by atoms with Crippen LogP contribution < -0.4 is 4.74 Å². The van der Waals surface area contributed by atoms with E-state index in [0.717, 1.165) is 29.4 Å². The Morgan fingerprint density at radius 3 is 2.86 bits per heavy atom. The molecular weight excluding hydrogens is 385 g/mol. The number of halogens is 1. The molecule has 1 N–H and O–H groups in total. The normalized spacial score (nSPS) is 18.4. The standard InChI is InChI=1S/C15H18INO4/c1-10-4-2-3-7-17(10)14(18)9-21-13-8-11(15(19)20)5-6-12(13)16/h5-6,8,10H,2-4,7,9H2,1H3,(H,19,20). The summed E-state index contributed by atoms with van der Waals surface area (Å²) >= 11 is 2.06. The van der Waals surface area contributed by atoms with E-state index in [4.69, 9.17) is 9.84 Å². The molecule has 21 heavy (non-hydrogen) atoms. The summed E-state index contributed by atoms with van der Waals surface area (Å²) in [6, 6.07) is 4.90. The number of amides is 1. The maximum Gasteiger partial charge on any atom is 0.335 e. The summed E-state index contributed by atoms with van der Waals surface area (Å²) in [6.45, 7) is 2.77. The van der Waals surface area contributed by atoms with Gasteiger partial charge in [0.25, 0.3) is 5.91 Å². The lowest BCUT2D eigenvalue weighted by Gasteiger charge is -2.33. The van der Waals surface area contributed by atoms with Crippen molar-refractivity contribution in [3.05, 3.63) is 27.3 Å². The molecule has 1 heterocycles. The minimum absolute atomic E-state index is 0.0428. The largest absolute Gasteiger partial charge is 0.483 e. The van der Waals surface area contributed by atoms with E-state index in [1.807, 2.05) is 11.8 Å². The molecule has 6 heteroatoms. The second-order valence-corrected chi connectivity index (χ2v) is 6.33. The summed E-state index contributed by atoms with van der Waals surface area (Å²) in [4.78, 5) is 25.0. The van der Waals surface area contributed by atoms with Gasteiger partial charge in [-0.15, -0.1) is 0 Å². The molecule has 1 aliphatic heterocycles. The van der Waals surface area contributed by atoms with Gasteiger partial charge in [-0.25, -0.2) is 4.79 Å². The first-order valence-corrected chi connectivity index (χ1v) is 8.02. The van der Waals surface area contributed by atoms with Gasteiger partial charge >= 0.3 is 5.97 Å². The highest BCUT2D eigenvalue weighted by molar-refractivity contribution is 14.1. The van der Waals surface area contributed by atoms with Gasteiger partial charge in [-0.3, -0.25) is 4.79 Å². The molecule has 0 spiro atoms. The van der Waals surface area contributed by atoms with Crippen LogP contribution in [0.25, 0.3) is 0 Å². The van der Waals surface area contributed by atoms with Crippen LogP contribution in [0.3, 0.4) is 0 Å². The number of carbonyl (C=O) groups excluding carboxylic acids is 1. The van der Waals surface area contributed by atoms with Crippen LogP contribution in [0, 0.1) is 3.57 Å². The Morgan fingerprint density at radius 1 is 1.43 bits per heavy atom. The Labute approximate surface area is 137 Å². The third kappa shape index (κ3) is 4.09. The Balaban J connectivity index is 2.00. The number of aromatic carboxylic acids is 1. The van der Waals surface area contributed by atoms with Gasteiger partial charge in [-0.05, 0) is 67.0 Å². The smallest absolute Gasteiger partial charge is 0.335 e. The summed E-state index contributed by atoms with van der Waals surface area (Å²) in [5.74, 6) is -0.612. The zero-order chi connectivity index (χ0) is 15.4. The minimum atomic E-state index is -1.01. The second kappa shape index (κ2) is 7.11. The lowest BCUT2D eigenvalue weighted by Crippen LogP contribution is -2.44. The van der Waals surface area contributed by atoms with Crippen LogP contribution in [-0.4, -0.2) is 41.1 Å². The Kier molecular flexibility index (Phi) is 5.44. The quantitative estimate of drug-likeness (QED) is 0.786. The molecule has 1 amide bonds. The third-order valence-corrected chi connectivity index (χ3v) is 4.54. The number of nitrogens with zero attached hydrogens (tertiary/aromatic N) is 1. The van der Waals surface area contributed by atoms with Crippen LogP contribution in [0.1, 0.15) is 36.5 Å². The van der Waals surface area contributed by atoms with E-state index < -0.39 is 5.97 Å². The molecule has 1 saturated heterocycles. The number of hydrogen-bond donors (Lipinski definition) is 1. The van der Waals surface area contributed by atoms with Gasteiger partial charge < -0.3 is 14.7 Å². The number of piperidine rings is 1. The summed E-state index contributed by atoms with van der Waals surface area (Å²) in [5.41, 5.74) is 0.157. The molecule has 5 nitrogen and oxygen atoms in total. The molecule has 1 fully saturated rings. The molecule has 0 saturated carbocycles. The van der Waals surface area contributed by atoms with Crippen molar-refractivity contribution >= 4 is 34.5 Å². The maximum atomic E-state index is 12.2. The minimum Gasteiger partial charge on any atom is -0.483 e. The summed E-state index contributed by atoms with van der Waals surface area (Å²) in [5, 5.41) is 8.98. The van der Waals surface area contributed by atoms with Crippen molar-refractivity contribution in [1.29, 1.82) is 0 Å². The van der Waals surface area contributed by atoms with Crippen LogP contribution in [0.4, 0.5) is 0 Å². The molecule has 0 bridgehead atoms. The van der Waals surface area contributed by atoms with Gasteiger partial charge in [0, 0.05) is 12.6 Å². The molecular formula is C15H18INO4. The van der Waals surface area contributed by atoms with E-state index in [0.29, 0.717) is 5.75 Å². The molecule has 0 radical (unpaired) electrons. The van der Waals surface area contributed by atoms with Crippen molar-refractivity contribution in [1.82, 2.24) is 4.90 Å². The van der Waals surface area contributed by atoms with Crippen molar-refractivity contribution < 1.29 is 19.4 Å². The van der Waals surface area contributed by atoms with Crippen molar-refractivity contribution in [3.8, 4) is 5.75 Å². The van der Waals surface area contributed by atoms with E-state index in [9.17, 15) is 9.59 Å². The van der Waals surface area contributed by atoms with Gasteiger partial charge in [-0.2, -0.15) is 0 Å². The van der Waals surface area contributed by atoms with Crippen molar-refractivity contribution in [2.45, 2.75) is 32.2 Å². The average Bonchev–Trinajstić information content (AvgIpc) is 2.46. The number of carbonyl (C=O) groups is 2. The van der Waals surface area contributed by atoms with E-state index >= 15 is 0 Å². The molecule has 2 rings (SSSR count). The first kappa shape index (κ1) is 16.1. The predicted molar refractivity (Wildman–Crippen MR) is 86.6 cm³/mol. The van der Waals surface area contributed by atoms with Gasteiger partial charge in [-0.1, -0.05) is 0 Å². The van der Waals surface area contributed by atoms with Crippen LogP contribution in [0.5, 0.6) is 5.75 Å². The topological polar surface area (TPSA) is 66.8 Å². The molecule has 0 aromatic heterocycles. The Bertz CT molecular complexity index is 546. The monoisotopic (exact) mass is 403 g/mol. The fourth-order valence-electron chi connectivity index (χ4n) is 2.44. The Morgan fingerprint density at radius 2 is 2.19 bits per heavy atom. The van der Waals surface area contributed by atoms with E-state index in [-0.39, 0.29) is 24.1 Å². The number of likely N-dealkylation sites (tertiary alicyclic amines) is 1. The SMILES string of the molecule is CC1CCCCN1C(=O)COc1cc(C(=O)O)ccc1I. The number of rotatable bonds is 4. The second-order valence-electron chi connectivity index (χ2n) is 5.17. The van der Waals surface area contributed by atoms with Gasteiger partial charge in [0.15, 0.2) is 6.61 Å². The number of ether oxygens (including phenoxy) is 1. The van der Waals surface area contributed by atoms with E-state index in [1.54, 1.807) is 6.07 Å². The van der Waals surface area contributed by atoms with Crippen molar-refractivity contribution in [2.75, 3.05) is 13.2 Å². The first-order chi connectivity index (χ1) is 9.99. The molecule has 1 unspecified atom stereocenters. The molecule has 1 aromatic carbocycles. The van der Waals surface area contributed by atoms with Crippen LogP contribution in [0.2, 0.25) is 0 Å². The fraction of sp³-hybridized carbons (Fsp3) is 0.467. The van der Waals surface area contributed by atoms with Gasteiger partial charge in [0.05, 0.1) is 9.13 Å². The van der Waals surface area contributed by atoms with Crippen LogP contribution >= 0.6 is 22.6 Å². The Hall–Kier alpha value is -1.31. The highest BCUT2D eigenvalue weighted by atomic mass is 127. The number of carboxylic acid groups (broad SMARTS) is 1. The maximum absolute atomic E-state index is 12.2. The third-order valence-electron chi connectivity index (χ3n) is 3.65. The molecule has 1 aliphatic rings. The van der Waals surface area contributed by atoms with Gasteiger partial charge in [0.1, 0.15) is 5.75 Å². The molecule has 114 valence electrons. The number of carboxylic acids is 1. The molecule has 0 aliphatic carbocycles. The first-order valence-electron chi connectivity index (χ1n) is 6.94. The molecule has 1 aromatic rings.